The molecule has 1 heterocycles. The van der Waals surface area contributed by atoms with Crippen LogP contribution in [0.15, 0.2) is 22.7 Å². The summed E-state index contributed by atoms with van der Waals surface area (Å²) in [6.07, 6.45) is 0. The van der Waals surface area contributed by atoms with Crippen molar-refractivity contribution in [3.8, 4) is 17.6 Å². The average molecular weight is 388 g/mol. The van der Waals surface area contributed by atoms with Crippen molar-refractivity contribution < 1.29 is 27.0 Å². The summed E-state index contributed by atoms with van der Waals surface area (Å²) in [7, 11) is 0. The van der Waals surface area contributed by atoms with Crippen molar-refractivity contribution in [2.45, 2.75) is 5.92 Å². The Hall–Kier alpha value is -2.27. The number of ether oxygens (including phenoxy) is 2. The summed E-state index contributed by atoms with van der Waals surface area (Å²) in [5.41, 5.74) is -0.875. The van der Waals surface area contributed by atoms with E-state index in [-0.39, 0.29) is 18.1 Å². The molecule has 0 N–H and O–H groups in total. The van der Waals surface area contributed by atoms with Gasteiger partial charge in [-0.15, -0.1) is 0 Å². The van der Waals surface area contributed by atoms with Crippen LogP contribution in [0.4, 0.5) is 17.6 Å². The zero-order valence-electron chi connectivity index (χ0n) is 11.2. The minimum absolute atomic E-state index is 0.0275. The van der Waals surface area contributed by atoms with Gasteiger partial charge in [-0.3, -0.25) is 0 Å². The van der Waals surface area contributed by atoms with Crippen LogP contribution in [0.2, 0.25) is 0 Å². The van der Waals surface area contributed by atoms with E-state index in [9.17, 15) is 22.8 Å². The molecule has 2 aromatic carbocycles. The molecular formula is C15H6BrF4NO2. The molecule has 3 rings (SSSR count). The van der Waals surface area contributed by atoms with Gasteiger partial charge in [0.15, 0.2) is 34.8 Å². The van der Waals surface area contributed by atoms with E-state index in [0.29, 0.717) is 5.75 Å². The smallest absolute Gasteiger partial charge is 0.231 e. The lowest BCUT2D eigenvalue weighted by atomic mass is 9.91. The van der Waals surface area contributed by atoms with Gasteiger partial charge in [-0.05, 0) is 33.6 Å². The fourth-order valence-electron chi connectivity index (χ4n) is 2.27. The van der Waals surface area contributed by atoms with Crippen molar-refractivity contribution in [2.75, 3.05) is 6.79 Å². The Morgan fingerprint density at radius 2 is 1.61 bits per heavy atom. The van der Waals surface area contributed by atoms with Gasteiger partial charge in [-0.1, -0.05) is 6.07 Å². The van der Waals surface area contributed by atoms with Gasteiger partial charge >= 0.3 is 0 Å². The molecule has 8 heteroatoms. The first kappa shape index (κ1) is 15.6. The second kappa shape index (κ2) is 5.74. The maximum absolute atomic E-state index is 14.1. The molecule has 3 nitrogen and oxygen atoms in total. The Bertz CT molecular complexity index is 821. The van der Waals surface area contributed by atoms with Gasteiger partial charge in [0, 0.05) is 0 Å². The first-order chi connectivity index (χ1) is 11.0. The Morgan fingerprint density at radius 1 is 1.00 bits per heavy atom. The van der Waals surface area contributed by atoms with Crippen LogP contribution in [-0.2, 0) is 0 Å². The van der Waals surface area contributed by atoms with Crippen LogP contribution in [-0.4, -0.2) is 6.79 Å². The van der Waals surface area contributed by atoms with E-state index >= 15 is 0 Å². The number of benzene rings is 2. The van der Waals surface area contributed by atoms with E-state index < -0.39 is 39.2 Å². The Kier molecular flexibility index (Phi) is 3.90. The number of nitriles is 1. The maximum atomic E-state index is 14.1. The number of fused-ring (bicyclic) bond motifs is 1. The minimum atomic E-state index is -1.63. The van der Waals surface area contributed by atoms with Crippen LogP contribution in [0.5, 0.6) is 11.5 Å². The minimum Gasteiger partial charge on any atom is -0.454 e. The van der Waals surface area contributed by atoms with E-state index in [0.717, 1.165) is 0 Å². The lowest BCUT2D eigenvalue weighted by Gasteiger charge is -2.14. The van der Waals surface area contributed by atoms with Gasteiger partial charge in [0.25, 0.3) is 0 Å². The SMILES string of the molecule is N#CC(c1ccc2c(c1)OCO2)c1c(F)c(F)c(Br)c(F)c1F. The molecule has 0 aromatic heterocycles. The van der Waals surface area contributed by atoms with Crippen molar-refractivity contribution in [2.24, 2.45) is 0 Å². The van der Waals surface area contributed by atoms with E-state index in [1.54, 1.807) is 6.07 Å². The summed E-state index contributed by atoms with van der Waals surface area (Å²) in [6, 6.07) is 5.82. The molecule has 0 aliphatic carbocycles. The molecule has 23 heavy (non-hydrogen) atoms. The average Bonchev–Trinajstić information content (AvgIpc) is 3.02. The molecule has 2 aromatic rings. The molecule has 0 amide bonds. The molecule has 1 atom stereocenters. The predicted molar refractivity (Wildman–Crippen MR) is 74.0 cm³/mol. The van der Waals surface area contributed by atoms with E-state index in [1.165, 1.54) is 18.2 Å². The zero-order valence-corrected chi connectivity index (χ0v) is 12.8. The van der Waals surface area contributed by atoms with Crippen molar-refractivity contribution in [3.63, 3.8) is 0 Å². The number of nitrogens with zero attached hydrogens (tertiary/aromatic N) is 1. The van der Waals surface area contributed by atoms with Gasteiger partial charge in [-0.25, -0.2) is 17.6 Å². The number of rotatable bonds is 2. The lowest BCUT2D eigenvalue weighted by molar-refractivity contribution is 0.174. The first-order valence-electron chi connectivity index (χ1n) is 6.26. The van der Waals surface area contributed by atoms with Crippen LogP contribution >= 0.6 is 15.9 Å². The highest BCUT2D eigenvalue weighted by Crippen LogP contribution is 2.39. The quantitative estimate of drug-likeness (QED) is 0.436. The van der Waals surface area contributed by atoms with E-state index in [4.69, 9.17) is 9.47 Å². The van der Waals surface area contributed by atoms with Crippen LogP contribution in [0, 0.1) is 34.6 Å². The molecule has 0 saturated heterocycles. The van der Waals surface area contributed by atoms with Gasteiger partial charge in [0.1, 0.15) is 5.92 Å². The molecule has 0 fully saturated rings. The Labute approximate surface area is 136 Å². The van der Waals surface area contributed by atoms with Crippen molar-refractivity contribution in [3.05, 3.63) is 57.1 Å². The highest BCUT2D eigenvalue weighted by molar-refractivity contribution is 9.10. The molecule has 0 bridgehead atoms. The third kappa shape index (κ3) is 2.41. The van der Waals surface area contributed by atoms with Crippen LogP contribution in [0.1, 0.15) is 17.0 Å². The molecule has 1 unspecified atom stereocenters. The van der Waals surface area contributed by atoms with Crippen molar-refractivity contribution >= 4 is 15.9 Å². The molecule has 0 radical (unpaired) electrons. The maximum Gasteiger partial charge on any atom is 0.231 e. The van der Waals surface area contributed by atoms with Gasteiger partial charge in [0.05, 0.1) is 16.1 Å². The van der Waals surface area contributed by atoms with Crippen LogP contribution in [0.3, 0.4) is 0 Å². The molecule has 1 aliphatic rings. The normalized spacial score (nSPS) is 13.7. The summed E-state index contributed by atoms with van der Waals surface area (Å²) in [5.74, 6) is -7.32. The van der Waals surface area contributed by atoms with E-state index in [2.05, 4.69) is 15.9 Å². The highest BCUT2D eigenvalue weighted by atomic mass is 79.9. The summed E-state index contributed by atoms with van der Waals surface area (Å²) in [5, 5.41) is 9.27. The fraction of sp³-hybridized carbons (Fsp3) is 0.133. The summed E-state index contributed by atoms with van der Waals surface area (Å²) in [6.45, 7) is -0.0275. The molecule has 0 spiro atoms. The predicted octanol–water partition coefficient (Wildman–Crippen LogP) is 4.39. The van der Waals surface area contributed by atoms with Gasteiger partial charge < -0.3 is 9.47 Å². The molecular weight excluding hydrogens is 382 g/mol. The highest BCUT2D eigenvalue weighted by Gasteiger charge is 2.31. The largest absolute Gasteiger partial charge is 0.454 e. The Balaban J connectivity index is 2.18. The topological polar surface area (TPSA) is 42.2 Å². The second-order valence-electron chi connectivity index (χ2n) is 4.66. The van der Waals surface area contributed by atoms with E-state index in [1.807, 2.05) is 0 Å². The number of halogens is 5. The summed E-state index contributed by atoms with van der Waals surface area (Å²) < 4.78 is 64.8. The van der Waals surface area contributed by atoms with Crippen LogP contribution in [0.25, 0.3) is 0 Å². The van der Waals surface area contributed by atoms with Crippen molar-refractivity contribution in [1.29, 1.82) is 5.26 Å². The zero-order chi connectivity index (χ0) is 16.7. The first-order valence-corrected chi connectivity index (χ1v) is 7.05. The third-order valence-electron chi connectivity index (χ3n) is 3.39. The van der Waals surface area contributed by atoms with Gasteiger partial charge in [-0.2, -0.15) is 5.26 Å². The number of hydrogen-bond donors (Lipinski definition) is 0. The number of hydrogen-bond acceptors (Lipinski definition) is 3. The summed E-state index contributed by atoms with van der Waals surface area (Å²) >= 11 is 2.43. The lowest BCUT2D eigenvalue weighted by Crippen LogP contribution is -2.10. The summed E-state index contributed by atoms with van der Waals surface area (Å²) in [4.78, 5) is 0. The molecule has 1 aliphatic heterocycles. The van der Waals surface area contributed by atoms with Gasteiger partial charge in [0.2, 0.25) is 6.79 Å². The molecule has 0 saturated carbocycles. The van der Waals surface area contributed by atoms with Crippen molar-refractivity contribution in [1.82, 2.24) is 0 Å². The van der Waals surface area contributed by atoms with Crippen LogP contribution < -0.4 is 9.47 Å². The second-order valence-corrected chi connectivity index (χ2v) is 5.45. The Morgan fingerprint density at radius 3 is 2.22 bits per heavy atom. The molecule has 118 valence electrons. The fourth-order valence-corrected chi connectivity index (χ4v) is 2.62. The standard InChI is InChI=1S/C15H6BrF4NO2/c16-11-14(19)12(17)10(13(18)15(11)20)7(4-21)6-1-2-8-9(3-6)23-5-22-8/h1-3,7H,5H2. The monoisotopic (exact) mass is 387 g/mol. The third-order valence-corrected chi connectivity index (χ3v) is 4.09.